The van der Waals surface area contributed by atoms with E-state index in [1.54, 1.807) is 0 Å². The SMILES string of the molecule is CCCCCCCCCCCCCCCCCCCC(=O)OC[C@H](COP(=O)(O)OC[C@@H](O)COP(=O)(O)OC[C@@H](COC(=O)CCCCCCCCCCC(C)C)OC(=O)CCCCCCCCCCCCCCCCCC)OC(=O)CCCCCCCCCCCCCCCCCC(C)C. The minimum Gasteiger partial charge on any atom is -0.462 e. The quantitative estimate of drug-likeness (QED) is 0.0222. The van der Waals surface area contributed by atoms with Crippen LogP contribution in [0.2, 0.25) is 0 Å². The lowest BCUT2D eigenvalue weighted by Gasteiger charge is -2.21. The Bertz CT molecular complexity index is 1960. The standard InChI is InChI=1S/C83H162O17P2/c1-7-9-11-13-15-17-19-21-23-25-29-32-36-40-47-53-59-65-80(85)93-71-78(99-82(87)68-62-56-50-42-38-34-30-26-27-31-35-39-45-51-57-63-75(3)4)73-97-101(89,90)95-69-77(84)70-96-102(91,92)98-74-79(72-94-81(86)66-60-54-48-44-43-46-52-58-64-76(5)6)100-83(88)67-61-55-49-41-37-33-28-24-22-20-18-16-14-12-10-8-2/h75-79,84H,7-74H2,1-6H3,(H,89,90)(H,91,92)/t77-,78-,79-/m1/s1. The van der Waals surface area contributed by atoms with Crippen molar-refractivity contribution in [3.8, 4) is 0 Å². The van der Waals surface area contributed by atoms with Crippen LogP contribution in [-0.4, -0.2) is 96.7 Å². The maximum absolute atomic E-state index is 13.1. The molecule has 0 aromatic heterocycles. The molecule has 0 aliphatic heterocycles. The van der Waals surface area contributed by atoms with Crippen molar-refractivity contribution in [2.75, 3.05) is 39.6 Å². The summed E-state index contributed by atoms with van der Waals surface area (Å²) in [5.74, 6) is -0.576. The van der Waals surface area contributed by atoms with Crippen molar-refractivity contribution in [2.45, 2.75) is 458 Å². The molecule has 0 amide bonds. The summed E-state index contributed by atoms with van der Waals surface area (Å²) in [5.41, 5.74) is 0. The van der Waals surface area contributed by atoms with Crippen LogP contribution in [0.25, 0.3) is 0 Å². The average molecular weight is 1490 g/mol. The van der Waals surface area contributed by atoms with Gasteiger partial charge in [0.1, 0.15) is 19.3 Å². The van der Waals surface area contributed by atoms with E-state index in [0.717, 1.165) is 102 Å². The molecular weight excluding hydrogens is 1330 g/mol. The number of unbranched alkanes of at least 4 members (excludes halogenated alkanes) is 52. The number of carbonyl (C=O) groups excluding carboxylic acids is 4. The number of rotatable bonds is 82. The normalized spacial score (nSPS) is 13.9. The van der Waals surface area contributed by atoms with E-state index >= 15 is 0 Å². The highest BCUT2D eigenvalue weighted by Crippen LogP contribution is 2.45. The number of hydrogen-bond acceptors (Lipinski definition) is 15. The van der Waals surface area contributed by atoms with Gasteiger partial charge in [-0.05, 0) is 37.5 Å². The van der Waals surface area contributed by atoms with E-state index in [0.29, 0.717) is 25.7 Å². The van der Waals surface area contributed by atoms with Gasteiger partial charge in [-0.2, -0.15) is 0 Å². The molecule has 0 fully saturated rings. The summed E-state index contributed by atoms with van der Waals surface area (Å²) < 4.78 is 68.8. The first kappa shape index (κ1) is 100. The number of ether oxygens (including phenoxy) is 4. The Morgan fingerprint density at radius 1 is 0.265 bits per heavy atom. The third kappa shape index (κ3) is 76.3. The van der Waals surface area contributed by atoms with Crippen LogP contribution in [0.4, 0.5) is 0 Å². The molecule has 0 saturated heterocycles. The van der Waals surface area contributed by atoms with E-state index in [1.807, 2.05) is 0 Å². The van der Waals surface area contributed by atoms with Gasteiger partial charge < -0.3 is 33.8 Å². The molecule has 0 aliphatic carbocycles. The van der Waals surface area contributed by atoms with Gasteiger partial charge in [0.05, 0.1) is 26.4 Å². The molecule has 102 heavy (non-hydrogen) atoms. The zero-order chi connectivity index (χ0) is 74.9. The van der Waals surface area contributed by atoms with E-state index in [4.69, 9.17) is 37.0 Å². The summed E-state index contributed by atoms with van der Waals surface area (Å²) in [5, 5.41) is 10.7. The van der Waals surface area contributed by atoms with Crippen LogP contribution in [0, 0.1) is 11.8 Å². The Hall–Kier alpha value is -1.94. The van der Waals surface area contributed by atoms with E-state index in [-0.39, 0.29) is 25.7 Å². The number of esters is 4. The van der Waals surface area contributed by atoms with Crippen LogP contribution in [0.5, 0.6) is 0 Å². The Balaban J connectivity index is 5.25. The molecule has 0 spiro atoms. The van der Waals surface area contributed by atoms with Crippen LogP contribution in [-0.2, 0) is 65.4 Å². The zero-order valence-corrected chi connectivity index (χ0v) is 68.7. The molecule has 2 unspecified atom stereocenters. The Morgan fingerprint density at radius 2 is 0.451 bits per heavy atom. The van der Waals surface area contributed by atoms with Gasteiger partial charge >= 0.3 is 39.5 Å². The Kier molecular flexibility index (Phi) is 73.1. The molecular formula is C83H162O17P2. The molecule has 0 radical (unpaired) electrons. The Morgan fingerprint density at radius 3 is 0.667 bits per heavy atom. The monoisotopic (exact) mass is 1490 g/mol. The molecule has 5 atom stereocenters. The highest BCUT2D eigenvalue weighted by molar-refractivity contribution is 7.47. The molecule has 0 bridgehead atoms. The van der Waals surface area contributed by atoms with E-state index in [1.165, 1.54) is 257 Å². The lowest BCUT2D eigenvalue weighted by atomic mass is 10.0. The first-order chi connectivity index (χ1) is 49.4. The van der Waals surface area contributed by atoms with Crippen molar-refractivity contribution in [2.24, 2.45) is 11.8 Å². The number of aliphatic hydroxyl groups is 1. The van der Waals surface area contributed by atoms with Crippen molar-refractivity contribution in [1.29, 1.82) is 0 Å². The molecule has 0 aromatic carbocycles. The Labute approximate surface area is 626 Å². The van der Waals surface area contributed by atoms with Gasteiger partial charge in [0.25, 0.3) is 0 Å². The summed E-state index contributed by atoms with van der Waals surface area (Å²) in [6.45, 7) is 9.65. The number of phosphoric ester groups is 2. The van der Waals surface area contributed by atoms with Gasteiger partial charge in [-0.25, -0.2) is 9.13 Å². The predicted octanol–water partition coefficient (Wildman–Crippen LogP) is 25.1. The van der Waals surface area contributed by atoms with Gasteiger partial charge in [-0.3, -0.25) is 37.3 Å². The molecule has 17 nitrogen and oxygen atoms in total. The van der Waals surface area contributed by atoms with Crippen LogP contribution < -0.4 is 0 Å². The van der Waals surface area contributed by atoms with Gasteiger partial charge in [0.2, 0.25) is 0 Å². The maximum Gasteiger partial charge on any atom is 0.472 e. The molecule has 0 aliphatic rings. The minimum absolute atomic E-state index is 0.108. The maximum atomic E-state index is 13.1. The molecule has 19 heteroatoms. The number of aliphatic hydroxyl groups excluding tert-OH is 1. The van der Waals surface area contributed by atoms with Gasteiger partial charge in [-0.1, -0.05) is 388 Å². The van der Waals surface area contributed by atoms with Crippen LogP contribution >= 0.6 is 15.6 Å². The average Bonchev–Trinajstić information content (AvgIpc) is 0.927. The van der Waals surface area contributed by atoms with Gasteiger partial charge in [0, 0.05) is 25.7 Å². The number of hydrogen-bond donors (Lipinski definition) is 3. The molecule has 606 valence electrons. The van der Waals surface area contributed by atoms with Gasteiger partial charge in [-0.15, -0.1) is 0 Å². The van der Waals surface area contributed by atoms with Crippen molar-refractivity contribution in [3.05, 3.63) is 0 Å². The summed E-state index contributed by atoms with van der Waals surface area (Å²) in [7, 11) is -9.92. The van der Waals surface area contributed by atoms with E-state index in [9.17, 15) is 43.2 Å². The van der Waals surface area contributed by atoms with Crippen molar-refractivity contribution in [3.63, 3.8) is 0 Å². The molecule has 3 N–H and O–H groups in total. The second-order valence-corrected chi connectivity index (χ2v) is 33.7. The summed E-state index contributed by atoms with van der Waals surface area (Å²) in [6.07, 6.45) is 65.2. The highest BCUT2D eigenvalue weighted by atomic mass is 31.2. The number of carbonyl (C=O) groups is 4. The third-order valence-corrected chi connectivity index (χ3v) is 21.4. The van der Waals surface area contributed by atoms with Crippen LogP contribution in [0.15, 0.2) is 0 Å². The topological polar surface area (TPSA) is 237 Å². The molecule has 0 saturated carbocycles. The lowest BCUT2D eigenvalue weighted by molar-refractivity contribution is -0.161. The summed E-state index contributed by atoms with van der Waals surface area (Å²) in [6, 6.07) is 0. The smallest absolute Gasteiger partial charge is 0.462 e. The second-order valence-electron chi connectivity index (χ2n) is 30.8. The van der Waals surface area contributed by atoms with Crippen molar-refractivity contribution < 1.29 is 80.2 Å². The minimum atomic E-state index is -4.96. The summed E-state index contributed by atoms with van der Waals surface area (Å²) >= 11 is 0. The number of phosphoric acid groups is 2. The summed E-state index contributed by atoms with van der Waals surface area (Å²) in [4.78, 5) is 73.1. The fraction of sp³-hybridized carbons (Fsp3) is 0.952. The van der Waals surface area contributed by atoms with Crippen LogP contribution in [0.1, 0.15) is 440 Å². The highest BCUT2D eigenvalue weighted by Gasteiger charge is 2.30. The van der Waals surface area contributed by atoms with E-state index < -0.39 is 97.5 Å². The molecule has 0 aromatic rings. The lowest BCUT2D eigenvalue weighted by Crippen LogP contribution is -2.30. The fourth-order valence-electron chi connectivity index (χ4n) is 12.9. The fourth-order valence-corrected chi connectivity index (χ4v) is 14.5. The van der Waals surface area contributed by atoms with E-state index in [2.05, 4.69) is 41.5 Å². The first-order valence-corrected chi connectivity index (χ1v) is 46.0. The first-order valence-electron chi connectivity index (χ1n) is 43.0. The van der Waals surface area contributed by atoms with Crippen molar-refractivity contribution >= 4 is 39.5 Å². The molecule has 0 heterocycles. The van der Waals surface area contributed by atoms with Crippen molar-refractivity contribution in [1.82, 2.24) is 0 Å². The second kappa shape index (κ2) is 74.5. The van der Waals surface area contributed by atoms with Crippen LogP contribution in [0.3, 0.4) is 0 Å². The predicted molar refractivity (Wildman–Crippen MR) is 418 cm³/mol. The molecule has 0 rings (SSSR count). The zero-order valence-electron chi connectivity index (χ0n) is 66.9. The van der Waals surface area contributed by atoms with Gasteiger partial charge in [0.15, 0.2) is 12.2 Å². The third-order valence-electron chi connectivity index (χ3n) is 19.5. The largest absolute Gasteiger partial charge is 0.472 e.